The van der Waals surface area contributed by atoms with Gasteiger partial charge in [0.1, 0.15) is 0 Å². The summed E-state index contributed by atoms with van der Waals surface area (Å²) < 4.78 is 5.72. The van der Waals surface area contributed by atoms with Crippen LogP contribution in [0.15, 0.2) is 11.6 Å². The maximum atomic E-state index is 5.72. The van der Waals surface area contributed by atoms with Crippen molar-refractivity contribution in [2.45, 2.75) is 84.3 Å². The zero-order valence-corrected chi connectivity index (χ0v) is 18.1. The van der Waals surface area contributed by atoms with Crippen LogP contribution in [0.3, 0.4) is 0 Å². The Kier molecular flexibility index (Phi) is 4.84. The van der Waals surface area contributed by atoms with E-state index in [-0.39, 0.29) is 0 Å². The first-order chi connectivity index (χ1) is 12.3. The Labute approximate surface area is 161 Å². The molecule has 0 N–H and O–H groups in total. The minimum atomic E-state index is 0.463. The minimum Gasteiger partial charge on any atom is -0.381 e. The molecule has 0 aromatic heterocycles. The smallest absolute Gasteiger partial charge is 0.0608 e. The van der Waals surface area contributed by atoms with Crippen molar-refractivity contribution in [3.8, 4) is 0 Å². The first kappa shape index (κ1) is 19.0. The molecule has 26 heavy (non-hydrogen) atoms. The van der Waals surface area contributed by atoms with E-state index in [4.69, 9.17) is 4.74 Å². The van der Waals surface area contributed by atoms with E-state index in [1.54, 1.807) is 5.57 Å². The molecule has 0 amide bonds. The summed E-state index contributed by atoms with van der Waals surface area (Å²) in [5.74, 6) is 3.68. The summed E-state index contributed by atoms with van der Waals surface area (Å²) in [4.78, 5) is 2.47. The van der Waals surface area contributed by atoms with E-state index in [2.05, 4.69) is 45.8 Å². The molecule has 0 aromatic rings. The number of methoxy groups -OCH3 is 1. The maximum Gasteiger partial charge on any atom is 0.0608 e. The summed E-state index contributed by atoms with van der Waals surface area (Å²) in [7, 11) is 6.45. The summed E-state index contributed by atoms with van der Waals surface area (Å²) in [5, 5.41) is 0. The Balaban J connectivity index is 1.60. The lowest BCUT2D eigenvalue weighted by Gasteiger charge is -2.58. The van der Waals surface area contributed by atoms with Gasteiger partial charge in [0.05, 0.1) is 6.10 Å². The number of nitrogens with zero attached hydrogens (tertiary/aromatic N) is 1. The summed E-state index contributed by atoms with van der Waals surface area (Å²) in [6, 6.07) is 0.712. The molecular weight excluding hydrogens is 318 g/mol. The van der Waals surface area contributed by atoms with Gasteiger partial charge in [-0.15, -0.1) is 0 Å². The number of allylic oxidation sites excluding steroid dienone is 1. The fourth-order valence-electron chi connectivity index (χ4n) is 8.02. The summed E-state index contributed by atoms with van der Waals surface area (Å²) in [6.07, 6.45) is 14.1. The molecule has 4 aliphatic rings. The largest absolute Gasteiger partial charge is 0.381 e. The van der Waals surface area contributed by atoms with Gasteiger partial charge in [-0.25, -0.2) is 0 Å². The standard InChI is InChI=1S/C24H41NO/c1-16(25(4)5)20-9-10-21-19-8-7-17-15-18(26-6)11-13-23(17,2)22(19)12-14-24(20,21)3/h7,16,18-22H,8-15H2,1-6H3/t16?,18?,19-,20-,21-,22+,23-,24+/m0/s1. The van der Waals surface area contributed by atoms with E-state index >= 15 is 0 Å². The highest BCUT2D eigenvalue weighted by atomic mass is 16.5. The van der Waals surface area contributed by atoms with Crippen LogP contribution < -0.4 is 0 Å². The number of ether oxygens (including phenoxy) is 1. The van der Waals surface area contributed by atoms with Crippen molar-refractivity contribution in [1.29, 1.82) is 0 Å². The second-order valence-electron chi connectivity index (χ2n) is 10.8. The number of fused-ring (bicyclic) bond motifs is 5. The van der Waals surface area contributed by atoms with Gasteiger partial charge in [0.25, 0.3) is 0 Å². The number of rotatable bonds is 3. The molecule has 2 heteroatoms. The zero-order valence-electron chi connectivity index (χ0n) is 18.1. The van der Waals surface area contributed by atoms with Crippen LogP contribution in [0.2, 0.25) is 0 Å². The Morgan fingerprint density at radius 1 is 1.08 bits per heavy atom. The molecule has 3 fully saturated rings. The number of hydrogen-bond donors (Lipinski definition) is 0. The molecule has 0 bridgehead atoms. The fraction of sp³-hybridized carbons (Fsp3) is 0.917. The van der Waals surface area contributed by atoms with Gasteiger partial charge in [-0.1, -0.05) is 25.5 Å². The van der Waals surface area contributed by atoms with Crippen LogP contribution in [0.25, 0.3) is 0 Å². The van der Waals surface area contributed by atoms with Crippen LogP contribution in [0, 0.1) is 34.5 Å². The molecule has 2 nitrogen and oxygen atoms in total. The average molecular weight is 360 g/mol. The molecule has 0 radical (unpaired) electrons. The van der Waals surface area contributed by atoms with Crippen molar-refractivity contribution in [3.63, 3.8) is 0 Å². The molecule has 4 aliphatic carbocycles. The van der Waals surface area contributed by atoms with Gasteiger partial charge >= 0.3 is 0 Å². The lowest BCUT2D eigenvalue weighted by Crippen LogP contribution is -2.52. The van der Waals surface area contributed by atoms with Crippen LogP contribution >= 0.6 is 0 Å². The lowest BCUT2D eigenvalue weighted by molar-refractivity contribution is -0.0613. The molecule has 8 atom stereocenters. The highest BCUT2D eigenvalue weighted by Gasteiger charge is 2.59. The molecule has 2 unspecified atom stereocenters. The minimum absolute atomic E-state index is 0.463. The Morgan fingerprint density at radius 3 is 2.54 bits per heavy atom. The van der Waals surface area contributed by atoms with E-state index in [0.717, 1.165) is 23.7 Å². The lowest BCUT2D eigenvalue weighted by atomic mass is 9.47. The Bertz CT molecular complexity index is 569. The van der Waals surface area contributed by atoms with E-state index < -0.39 is 0 Å². The number of hydrogen-bond acceptors (Lipinski definition) is 2. The van der Waals surface area contributed by atoms with Gasteiger partial charge in [0, 0.05) is 13.2 Å². The van der Waals surface area contributed by atoms with Crippen molar-refractivity contribution in [2.75, 3.05) is 21.2 Å². The molecule has 0 aliphatic heterocycles. The predicted molar refractivity (Wildman–Crippen MR) is 109 cm³/mol. The summed E-state index contributed by atoms with van der Waals surface area (Å²) >= 11 is 0. The highest BCUT2D eigenvalue weighted by molar-refractivity contribution is 5.25. The summed E-state index contributed by atoms with van der Waals surface area (Å²) in [5.41, 5.74) is 2.78. The average Bonchev–Trinajstić information content (AvgIpc) is 2.97. The molecule has 0 spiro atoms. The maximum absolute atomic E-state index is 5.72. The predicted octanol–water partition coefficient (Wildman–Crippen LogP) is 5.53. The highest BCUT2D eigenvalue weighted by Crippen LogP contribution is 2.66. The second-order valence-corrected chi connectivity index (χ2v) is 10.8. The van der Waals surface area contributed by atoms with E-state index in [1.807, 2.05) is 7.11 Å². The van der Waals surface area contributed by atoms with Gasteiger partial charge in [0.15, 0.2) is 0 Å². The van der Waals surface area contributed by atoms with Gasteiger partial charge < -0.3 is 9.64 Å². The van der Waals surface area contributed by atoms with Gasteiger partial charge in [0.2, 0.25) is 0 Å². The normalized spacial score (nSPS) is 49.2. The van der Waals surface area contributed by atoms with Crippen molar-refractivity contribution >= 4 is 0 Å². The SMILES string of the molecule is COC1CC[C@@]2(C)C(=CC[C@@H]3[C@H]2CC[C@]2(C)[C@H](C(C)N(C)C)CC[C@@H]32)C1. The van der Waals surface area contributed by atoms with E-state index in [0.29, 0.717) is 23.0 Å². The van der Waals surface area contributed by atoms with E-state index in [1.165, 1.54) is 51.4 Å². The molecule has 3 saturated carbocycles. The molecular formula is C24H41NO. The van der Waals surface area contributed by atoms with Crippen molar-refractivity contribution < 1.29 is 4.74 Å². The summed E-state index contributed by atoms with van der Waals surface area (Å²) in [6.45, 7) is 7.74. The third-order valence-corrected chi connectivity index (χ3v) is 9.86. The molecule has 0 aromatic carbocycles. The third-order valence-electron chi connectivity index (χ3n) is 9.86. The van der Waals surface area contributed by atoms with Crippen molar-refractivity contribution in [1.82, 2.24) is 4.90 Å². The molecule has 0 saturated heterocycles. The quantitative estimate of drug-likeness (QED) is 0.614. The first-order valence-corrected chi connectivity index (χ1v) is 11.2. The second kappa shape index (κ2) is 6.62. The monoisotopic (exact) mass is 359 g/mol. The Morgan fingerprint density at radius 2 is 1.85 bits per heavy atom. The molecule has 0 heterocycles. The van der Waals surface area contributed by atoms with Crippen molar-refractivity contribution in [2.24, 2.45) is 34.5 Å². The third kappa shape index (κ3) is 2.65. The first-order valence-electron chi connectivity index (χ1n) is 11.2. The van der Waals surface area contributed by atoms with Crippen LogP contribution in [-0.2, 0) is 4.74 Å². The Hall–Kier alpha value is -0.340. The molecule has 4 rings (SSSR count). The fourth-order valence-corrected chi connectivity index (χ4v) is 8.02. The topological polar surface area (TPSA) is 12.5 Å². The van der Waals surface area contributed by atoms with Crippen LogP contribution in [0.1, 0.15) is 72.1 Å². The van der Waals surface area contributed by atoms with Gasteiger partial charge in [-0.05, 0) is 107 Å². The van der Waals surface area contributed by atoms with Crippen LogP contribution in [0.4, 0.5) is 0 Å². The van der Waals surface area contributed by atoms with Gasteiger partial charge in [-0.3, -0.25) is 0 Å². The van der Waals surface area contributed by atoms with Gasteiger partial charge in [-0.2, -0.15) is 0 Å². The van der Waals surface area contributed by atoms with Crippen LogP contribution in [-0.4, -0.2) is 38.3 Å². The van der Waals surface area contributed by atoms with E-state index in [9.17, 15) is 0 Å². The van der Waals surface area contributed by atoms with Crippen LogP contribution in [0.5, 0.6) is 0 Å². The van der Waals surface area contributed by atoms with Crippen molar-refractivity contribution in [3.05, 3.63) is 11.6 Å². The molecule has 148 valence electrons. The zero-order chi connectivity index (χ0) is 18.7.